The lowest BCUT2D eigenvalue weighted by atomic mass is 10.1. The summed E-state index contributed by atoms with van der Waals surface area (Å²) in [6, 6.07) is 6.57. The van der Waals surface area contributed by atoms with Crippen molar-refractivity contribution in [2.24, 2.45) is 0 Å². The standard InChI is InChI=1S/C11H6ClNO2/c1-15-11(14)3-2-8-4-9(7-13)6-10(12)5-8/h4-6H,1H3. The van der Waals surface area contributed by atoms with Crippen molar-refractivity contribution in [3.05, 3.63) is 34.3 Å². The number of ether oxygens (including phenoxy) is 1. The van der Waals surface area contributed by atoms with E-state index in [4.69, 9.17) is 16.9 Å². The molecule has 0 bridgehead atoms. The van der Waals surface area contributed by atoms with Crippen molar-refractivity contribution in [3.8, 4) is 17.9 Å². The van der Waals surface area contributed by atoms with Gasteiger partial charge in [0.1, 0.15) is 0 Å². The fourth-order valence-corrected chi connectivity index (χ4v) is 1.14. The van der Waals surface area contributed by atoms with Gasteiger partial charge in [-0.25, -0.2) is 4.79 Å². The number of nitriles is 1. The summed E-state index contributed by atoms with van der Waals surface area (Å²) in [7, 11) is 1.25. The molecule has 0 atom stereocenters. The molecule has 0 unspecified atom stereocenters. The highest BCUT2D eigenvalue weighted by atomic mass is 35.5. The van der Waals surface area contributed by atoms with Crippen LogP contribution in [0.2, 0.25) is 5.02 Å². The summed E-state index contributed by atoms with van der Waals surface area (Å²) in [5, 5.41) is 9.07. The second-order valence-electron chi connectivity index (χ2n) is 2.58. The number of rotatable bonds is 0. The molecule has 0 saturated heterocycles. The molecule has 0 radical (unpaired) electrons. The van der Waals surface area contributed by atoms with Gasteiger partial charge >= 0.3 is 5.97 Å². The number of nitrogens with zero attached hydrogens (tertiary/aromatic N) is 1. The minimum atomic E-state index is -0.631. The number of carbonyl (C=O) groups is 1. The van der Waals surface area contributed by atoms with E-state index >= 15 is 0 Å². The Labute approximate surface area is 92.2 Å². The third-order valence-corrected chi connectivity index (χ3v) is 1.74. The normalized spacial score (nSPS) is 8.33. The van der Waals surface area contributed by atoms with Crippen LogP contribution in [0.3, 0.4) is 0 Å². The smallest absolute Gasteiger partial charge is 0.384 e. The van der Waals surface area contributed by atoms with Crippen LogP contribution in [0.15, 0.2) is 18.2 Å². The predicted molar refractivity (Wildman–Crippen MR) is 55.1 cm³/mol. The molecular formula is C11H6ClNO2. The Hall–Kier alpha value is -1.97. The Bertz CT molecular complexity index is 492. The van der Waals surface area contributed by atoms with Crippen LogP contribution in [-0.2, 0) is 9.53 Å². The first-order valence-electron chi connectivity index (χ1n) is 3.96. The average Bonchev–Trinajstić information content (AvgIpc) is 2.25. The SMILES string of the molecule is COC(=O)C#Cc1cc(Cl)cc(C#N)c1. The van der Waals surface area contributed by atoms with Gasteiger partial charge in [0, 0.05) is 16.5 Å². The summed E-state index contributed by atoms with van der Waals surface area (Å²) in [5.74, 6) is 4.17. The molecule has 1 rings (SSSR count). The first-order valence-corrected chi connectivity index (χ1v) is 4.34. The van der Waals surface area contributed by atoms with Crippen LogP contribution in [0, 0.1) is 23.2 Å². The van der Waals surface area contributed by atoms with Gasteiger partial charge in [-0.1, -0.05) is 17.5 Å². The maximum absolute atomic E-state index is 10.7. The van der Waals surface area contributed by atoms with E-state index in [1.54, 1.807) is 12.1 Å². The molecule has 1 aromatic rings. The lowest BCUT2D eigenvalue weighted by Crippen LogP contribution is -1.94. The van der Waals surface area contributed by atoms with Gasteiger partial charge in [0.15, 0.2) is 0 Å². The van der Waals surface area contributed by atoms with Crippen molar-refractivity contribution in [3.63, 3.8) is 0 Å². The minimum absolute atomic E-state index is 0.400. The van der Waals surface area contributed by atoms with Gasteiger partial charge in [-0.15, -0.1) is 0 Å². The predicted octanol–water partition coefficient (Wildman–Crippen LogP) is 1.74. The van der Waals surface area contributed by atoms with Crippen molar-refractivity contribution in [2.75, 3.05) is 7.11 Å². The van der Waals surface area contributed by atoms with E-state index in [2.05, 4.69) is 16.6 Å². The molecule has 0 spiro atoms. The van der Waals surface area contributed by atoms with E-state index in [0.29, 0.717) is 16.1 Å². The Kier molecular flexibility index (Phi) is 3.74. The van der Waals surface area contributed by atoms with Crippen LogP contribution in [-0.4, -0.2) is 13.1 Å². The molecule has 3 nitrogen and oxygen atoms in total. The van der Waals surface area contributed by atoms with Crippen LogP contribution >= 0.6 is 11.6 Å². The molecular weight excluding hydrogens is 214 g/mol. The quantitative estimate of drug-likeness (QED) is 0.493. The first-order chi connectivity index (χ1) is 7.15. The molecule has 15 heavy (non-hydrogen) atoms. The van der Waals surface area contributed by atoms with Crippen LogP contribution in [0.5, 0.6) is 0 Å². The summed E-state index contributed by atoms with van der Waals surface area (Å²) in [4.78, 5) is 10.7. The van der Waals surface area contributed by atoms with Crippen LogP contribution in [0.25, 0.3) is 0 Å². The van der Waals surface area contributed by atoms with E-state index in [0.717, 1.165) is 0 Å². The molecule has 0 N–H and O–H groups in total. The Morgan fingerprint density at radius 1 is 1.40 bits per heavy atom. The van der Waals surface area contributed by atoms with Gasteiger partial charge in [-0.3, -0.25) is 0 Å². The molecule has 0 aliphatic heterocycles. The minimum Gasteiger partial charge on any atom is -0.459 e. The topological polar surface area (TPSA) is 50.1 Å². The van der Waals surface area contributed by atoms with Crippen LogP contribution < -0.4 is 0 Å². The molecule has 1 aromatic carbocycles. The molecule has 0 aliphatic carbocycles. The molecule has 0 fully saturated rings. The highest BCUT2D eigenvalue weighted by Gasteiger charge is 1.97. The lowest BCUT2D eigenvalue weighted by molar-refractivity contribution is -0.133. The Morgan fingerprint density at radius 2 is 2.07 bits per heavy atom. The monoisotopic (exact) mass is 219 g/mol. The largest absolute Gasteiger partial charge is 0.459 e. The summed E-state index contributed by atoms with van der Waals surface area (Å²) in [6.45, 7) is 0. The van der Waals surface area contributed by atoms with Gasteiger partial charge < -0.3 is 4.74 Å². The van der Waals surface area contributed by atoms with Crippen molar-refractivity contribution in [1.29, 1.82) is 5.26 Å². The van der Waals surface area contributed by atoms with E-state index in [1.807, 2.05) is 6.07 Å². The number of halogens is 1. The summed E-state index contributed by atoms with van der Waals surface area (Å²) in [6.07, 6.45) is 0. The van der Waals surface area contributed by atoms with Crippen molar-refractivity contribution < 1.29 is 9.53 Å². The van der Waals surface area contributed by atoms with Crippen LogP contribution in [0.4, 0.5) is 0 Å². The van der Waals surface area contributed by atoms with Gasteiger partial charge in [-0.05, 0) is 18.2 Å². The number of carbonyl (C=O) groups excluding carboxylic acids is 1. The van der Waals surface area contributed by atoms with Crippen LogP contribution in [0.1, 0.15) is 11.1 Å². The molecule has 0 amide bonds. The molecule has 4 heteroatoms. The highest BCUT2D eigenvalue weighted by molar-refractivity contribution is 6.30. The average molecular weight is 220 g/mol. The first kappa shape index (κ1) is 11.1. The Balaban J connectivity index is 3.04. The summed E-state index contributed by atoms with van der Waals surface area (Å²) >= 11 is 5.74. The van der Waals surface area contributed by atoms with Crippen molar-refractivity contribution in [1.82, 2.24) is 0 Å². The number of benzene rings is 1. The summed E-state index contributed by atoms with van der Waals surface area (Å²) in [5.41, 5.74) is 0.904. The summed E-state index contributed by atoms with van der Waals surface area (Å²) < 4.78 is 4.35. The van der Waals surface area contributed by atoms with E-state index < -0.39 is 5.97 Å². The maximum atomic E-state index is 10.7. The highest BCUT2D eigenvalue weighted by Crippen LogP contribution is 2.13. The maximum Gasteiger partial charge on any atom is 0.384 e. The number of hydrogen-bond acceptors (Lipinski definition) is 3. The molecule has 74 valence electrons. The fraction of sp³-hybridized carbons (Fsp3) is 0.0909. The second-order valence-corrected chi connectivity index (χ2v) is 3.02. The van der Waals surface area contributed by atoms with Gasteiger partial charge in [-0.2, -0.15) is 5.26 Å². The number of methoxy groups -OCH3 is 1. The van der Waals surface area contributed by atoms with Gasteiger partial charge in [0.05, 0.1) is 18.7 Å². The van der Waals surface area contributed by atoms with Gasteiger partial charge in [0.25, 0.3) is 0 Å². The fourth-order valence-electron chi connectivity index (χ4n) is 0.901. The zero-order valence-corrected chi connectivity index (χ0v) is 8.63. The molecule has 0 saturated carbocycles. The Morgan fingerprint density at radius 3 is 2.67 bits per heavy atom. The third-order valence-electron chi connectivity index (χ3n) is 1.52. The zero-order valence-electron chi connectivity index (χ0n) is 7.87. The van der Waals surface area contributed by atoms with E-state index in [9.17, 15) is 4.79 Å². The third kappa shape index (κ3) is 3.34. The second kappa shape index (κ2) is 5.05. The van der Waals surface area contributed by atoms with Gasteiger partial charge in [0.2, 0.25) is 0 Å². The van der Waals surface area contributed by atoms with Crippen molar-refractivity contribution >= 4 is 17.6 Å². The molecule has 0 aliphatic rings. The molecule has 0 heterocycles. The molecule has 0 aromatic heterocycles. The van der Waals surface area contributed by atoms with Crippen molar-refractivity contribution in [2.45, 2.75) is 0 Å². The zero-order chi connectivity index (χ0) is 11.3. The lowest BCUT2D eigenvalue weighted by Gasteiger charge is -1.94. The van der Waals surface area contributed by atoms with E-state index in [-0.39, 0.29) is 0 Å². The number of hydrogen-bond donors (Lipinski definition) is 0. The number of esters is 1. The van der Waals surface area contributed by atoms with E-state index in [1.165, 1.54) is 13.2 Å².